The molecule has 0 atom stereocenters. The largest absolute Gasteiger partial charge is 0.428 e. The lowest BCUT2D eigenvalue weighted by Gasteiger charge is -2.05. The second-order valence-corrected chi connectivity index (χ2v) is 4.77. The van der Waals surface area contributed by atoms with Crippen LogP contribution in [0.2, 0.25) is 0 Å². The normalized spacial score (nSPS) is 11.4. The third-order valence-electron chi connectivity index (χ3n) is 2.16. The molecule has 0 aliphatic rings. The van der Waals surface area contributed by atoms with Gasteiger partial charge >= 0.3 is 0 Å². The number of H-pyrrole nitrogens is 1. The molecule has 14 heavy (non-hydrogen) atoms. The van der Waals surface area contributed by atoms with Crippen molar-refractivity contribution in [1.82, 2.24) is 4.98 Å². The third-order valence-corrected chi connectivity index (χ3v) is 2.94. The average Bonchev–Trinajstić information content (AvgIpc) is 2.45. The fourth-order valence-electron chi connectivity index (χ4n) is 1.37. The minimum absolute atomic E-state index is 0.418. The lowest BCUT2D eigenvalue weighted by atomic mass is 10.0. The molecule has 0 amide bonds. The van der Waals surface area contributed by atoms with E-state index in [9.17, 15) is 0 Å². The molecule has 0 saturated heterocycles. The number of oxazole rings is 1. The van der Waals surface area contributed by atoms with Gasteiger partial charge in [-0.2, -0.15) is 0 Å². The number of fused-ring (bicyclic) bond motifs is 1. The Morgan fingerprint density at radius 3 is 2.79 bits per heavy atom. The van der Waals surface area contributed by atoms with Crippen LogP contribution in [0.1, 0.15) is 25.3 Å². The molecule has 0 aliphatic carbocycles. The van der Waals surface area contributed by atoms with Crippen molar-refractivity contribution in [2.75, 3.05) is 0 Å². The molecule has 0 unspecified atom stereocenters. The summed E-state index contributed by atoms with van der Waals surface area (Å²) in [5.74, 6) is 0.493. The topological polar surface area (TPSA) is 28.9 Å². The van der Waals surface area contributed by atoms with Crippen LogP contribution >= 0.6 is 28.1 Å². The fourth-order valence-corrected chi connectivity index (χ4v) is 2.12. The Kier molecular flexibility index (Phi) is 2.49. The van der Waals surface area contributed by atoms with Crippen molar-refractivity contribution in [3.8, 4) is 0 Å². The van der Waals surface area contributed by atoms with Crippen molar-refractivity contribution in [1.29, 1.82) is 0 Å². The smallest absolute Gasteiger partial charge is 0.266 e. The van der Waals surface area contributed by atoms with Crippen LogP contribution < -0.4 is 0 Å². The predicted molar refractivity (Wildman–Crippen MR) is 63.2 cm³/mol. The molecule has 0 bridgehead atoms. The summed E-state index contributed by atoms with van der Waals surface area (Å²) in [5.41, 5.74) is 3.00. The number of nitrogens with one attached hydrogen (secondary N) is 1. The van der Waals surface area contributed by atoms with Crippen LogP contribution in [-0.4, -0.2) is 4.98 Å². The summed E-state index contributed by atoms with van der Waals surface area (Å²) in [6.07, 6.45) is 0. The van der Waals surface area contributed by atoms with Crippen LogP contribution in [0.5, 0.6) is 0 Å². The predicted octanol–water partition coefficient (Wildman–Crippen LogP) is 4.38. The Morgan fingerprint density at radius 1 is 1.43 bits per heavy atom. The van der Waals surface area contributed by atoms with E-state index in [1.165, 1.54) is 5.56 Å². The van der Waals surface area contributed by atoms with Gasteiger partial charge in [-0.1, -0.05) is 13.8 Å². The summed E-state index contributed by atoms with van der Waals surface area (Å²) in [7, 11) is 0. The molecule has 0 radical (unpaired) electrons. The quantitative estimate of drug-likeness (QED) is 0.780. The summed E-state index contributed by atoms with van der Waals surface area (Å²) in [4.78, 5) is 3.43. The van der Waals surface area contributed by atoms with Gasteiger partial charge in [0.2, 0.25) is 0 Å². The highest BCUT2D eigenvalue weighted by atomic mass is 79.9. The Bertz CT molecular complexity index is 526. The van der Waals surface area contributed by atoms with Crippen LogP contribution in [0.15, 0.2) is 21.0 Å². The molecule has 0 spiro atoms. The van der Waals surface area contributed by atoms with E-state index in [1.807, 2.05) is 0 Å². The summed E-state index contributed by atoms with van der Waals surface area (Å²) in [5, 5.41) is 0. The Morgan fingerprint density at radius 2 is 2.14 bits per heavy atom. The SMILES string of the molecule is CC(C)c1cc(Br)c2oc(=S)[nH]c2c1. The van der Waals surface area contributed by atoms with E-state index >= 15 is 0 Å². The van der Waals surface area contributed by atoms with Crippen molar-refractivity contribution in [2.45, 2.75) is 19.8 Å². The second-order valence-electron chi connectivity index (χ2n) is 3.55. The molecule has 0 saturated carbocycles. The highest BCUT2D eigenvalue weighted by molar-refractivity contribution is 9.10. The zero-order chi connectivity index (χ0) is 10.3. The number of rotatable bonds is 1. The lowest BCUT2D eigenvalue weighted by Crippen LogP contribution is -1.87. The number of benzene rings is 1. The molecule has 2 aromatic rings. The third kappa shape index (κ3) is 1.64. The maximum Gasteiger partial charge on any atom is 0.266 e. The zero-order valence-electron chi connectivity index (χ0n) is 7.93. The van der Waals surface area contributed by atoms with Crippen molar-refractivity contribution in [3.63, 3.8) is 0 Å². The van der Waals surface area contributed by atoms with Crippen LogP contribution in [0, 0.1) is 4.84 Å². The van der Waals surface area contributed by atoms with Crippen LogP contribution in [0.4, 0.5) is 0 Å². The van der Waals surface area contributed by atoms with Gasteiger partial charge in [-0.25, -0.2) is 0 Å². The van der Waals surface area contributed by atoms with E-state index in [0.29, 0.717) is 10.8 Å². The molecular formula is C10H10BrNOS. The van der Waals surface area contributed by atoms with E-state index in [2.05, 4.69) is 46.9 Å². The lowest BCUT2D eigenvalue weighted by molar-refractivity contribution is 0.581. The first-order valence-electron chi connectivity index (χ1n) is 4.40. The molecular weight excluding hydrogens is 262 g/mol. The van der Waals surface area contributed by atoms with Crippen LogP contribution in [0.3, 0.4) is 0 Å². The summed E-state index contributed by atoms with van der Waals surface area (Å²) in [6.45, 7) is 4.31. The van der Waals surface area contributed by atoms with E-state index in [0.717, 1.165) is 15.6 Å². The van der Waals surface area contributed by atoms with Gasteiger partial charge in [-0.05, 0) is 51.8 Å². The van der Waals surface area contributed by atoms with Gasteiger partial charge in [0.15, 0.2) is 5.58 Å². The molecule has 2 nitrogen and oxygen atoms in total. The van der Waals surface area contributed by atoms with Crippen molar-refractivity contribution >= 4 is 39.2 Å². The van der Waals surface area contributed by atoms with Gasteiger partial charge in [0.05, 0.1) is 9.99 Å². The highest BCUT2D eigenvalue weighted by Gasteiger charge is 2.08. The monoisotopic (exact) mass is 271 g/mol. The number of hydrogen-bond acceptors (Lipinski definition) is 2. The van der Waals surface area contributed by atoms with Crippen molar-refractivity contribution in [3.05, 3.63) is 27.0 Å². The Balaban J connectivity index is 2.77. The standard InChI is InChI=1S/C10H10BrNOS/c1-5(2)6-3-7(11)9-8(4-6)12-10(14)13-9/h3-5H,1-2H3,(H,12,14). The number of aromatic nitrogens is 1. The first-order chi connectivity index (χ1) is 6.58. The average molecular weight is 272 g/mol. The molecule has 4 heteroatoms. The molecule has 1 aromatic heterocycles. The minimum atomic E-state index is 0.418. The maximum atomic E-state index is 5.35. The second kappa shape index (κ2) is 3.51. The Labute approximate surface area is 95.4 Å². The minimum Gasteiger partial charge on any atom is -0.428 e. The van der Waals surface area contributed by atoms with Crippen molar-refractivity contribution < 1.29 is 4.42 Å². The van der Waals surface area contributed by atoms with Gasteiger partial charge in [-0.3, -0.25) is 0 Å². The van der Waals surface area contributed by atoms with Gasteiger partial charge in [-0.15, -0.1) is 0 Å². The van der Waals surface area contributed by atoms with Crippen LogP contribution in [0.25, 0.3) is 11.1 Å². The molecule has 1 N–H and O–H groups in total. The molecule has 2 rings (SSSR count). The van der Waals surface area contributed by atoms with Crippen LogP contribution in [-0.2, 0) is 0 Å². The first kappa shape index (κ1) is 9.93. The van der Waals surface area contributed by atoms with E-state index in [-0.39, 0.29) is 0 Å². The number of aromatic amines is 1. The summed E-state index contributed by atoms with van der Waals surface area (Å²) in [6, 6.07) is 4.14. The Hall–Kier alpha value is -0.610. The molecule has 0 aliphatic heterocycles. The summed E-state index contributed by atoms with van der Waals surface area (Å²) < 4.78 is 6.30. The van der Waals surface area contributed by atoms with E-state index in [4.69, 9.17) is 16.6 Å². The number of hydrogen-bond donors (Lipinski definition) is 1. The molecule has 1 aromatic carbocycles. The molecule has 74 valence electrons. The van der Waals surface area contributed by atoms with Crippen molar-refractivity contribution in [2.24, 2.45) is 0 Å². The van der Waals surface area contributed by atoms with E-state index < -0.39 is 0 Å². The number of halogens is 1. The van der Waals surface area contributed by atoms with Gasteiger partial charge in [0.25, 0.3) is 4.84 Å². The maximum absolute atomic E-state index is 5.35. The fraction of sp³-hybridized carbons (Fsp3) is 0.300. The molecule has 1 heterocycles. The van der Waals surface area contributed by atoms with E-state index in [1.54, 1.807) is 0 Å². The zero-order valence-corrected chi connectivity index (χ0v) is 10.3. The van der Waals surface area contributed by atoms with Gasteiger partial charge in [0, 0.05) is 0 Å². The molecule has 0 fully saturated rings. The summed E-state index contributed by atoms with van der Waals surface area (Å²) >= 11 is 8.41. The van der Waals surface area contributed by atoms with Gasteiger partial charge in [0.1, 0.15) is 0 Å². The first-order valence-corrected chi connectivity index (χ1v) is 5.60. The van der Waals surface area contributed by atoms with Gasteiger partial charge < -0.3 is 9.40 Å². The highest BCUT2D eigenvalue weighted by Crippen LogP contribution is 2.28.